The van der Waals surface area contributed by atoms with Crippen LogP contribution in [0.2, 0.25) is 0 Å². The van der Waals surface area contributed by atoms with Crippen LogP contribution < -0.4 is 5.32 Å². The van der Waals surface area contributed by atoms with E-state index in [1.807, 2.05) is 32.0 Å². The first kappa shape index (κ1) is 20.6. The second-order valence-electron chi connectivity index (χ2n) is 6.80. The average Bonchev–Trinajstić information content (AvgIpc) is 2.84. The molecule has 26 heavy (non-hydrogen) atoms. The first-order valence-corrected chi connectivity index (χ1v) is 9.30. The lowest BCUT2D eigenvalue weighted by Gasteiger charge is -2.33. The molecule has 0 saturated carbocycles. The Morgan fingerprint density at radius 1 is 1.15 bits per heavy atom. The number of aromatic nitrogens is 1. The molecule has 0 bridgehead atoms. The summed E-state index contributed by atoms with van der Waals surface area (Å²) in [6.07, 6.45) is -2.08. The molecule has 0 spiro atoms. The Kier molecular flexibility index (Phi) is 6.61. The third kappa shape index (κ3) is 4.93. The summed E-state index contributed by atoms with van der Waals surface area (Å²) < 4.78 is 45.6. The summed E-state index contributed by atoms with van der Waals surface area (Å²) in [4.78, 5) is 0. The van der Waals surface area contributed by atoms with Crippen molar-refractivity contribution >= 4 is 16.6 Å². The Balaban J connectivity index is 0.00000117. The summed E-state index contributed by atoms with van der Waals surface area (Å²) >= 11 is 0. The molecule has 1 aliphatic heterocycles. The largest absolute Gasteiger partial charge is 0.406 e. The molecule has 146 valence electrons. The minimum Gasteiger partial charge on any atom is -0.382 e. The summed E-state index contributed by atoms with van der Waals surface area (Å²) in [5, 5.41) is 4.35. The molecular weight excluding hydrogens is 341 g/mol. The van der Waals surface area contributed by atoms with Crippen molar-refractivity contribution in [2.24, 2.45) is 0 Å². The van der Waals surface area contributed by atoms with Crippen LogP contribution in [0.25, 0.3) is 10.9 Å². The van der Waals surface area contributed by atoms with Gasteiger partial charge in [-0.15, -0.1) is 0 Å². The lowest BCUT2D eigenvalue weighted by molar-refractivity contribution is -0.140. The highest BCUT2D eigenvalue weighted by Crippen LogP contribution is 2.31. The number of benzene rings is 1. The van der Waals surface area contributed by atoms with E-state index in [1.165, 1.54) is 4.57 Å². The molecule has 3 rings (SSSR count). The highest BCUT2D eigenvalue weighted by atomic mass is 19.4. The summed E-state index contributed by atoms with van der Waals surface area (Å²) in [7, 11) is 0. The fourth-order valence-electron chi connectivity index (χ4n) is 3.67. The Morgan fingerprint density at radius 2 is 1.77 bits per heavy atom. The molecule has 2 unspecified atom stereocenters. The molecule has 1 aliphatic rings. The molecular formula is C20H29F3N2O. The van der Waals surface area contributed by atoms with E-state index in [-0.39, 0.29) is 18.2 Å². The predicted molar refractivity (Wildman–Crippen MR) is 101 cm³/mol. The van der Waals surface area contributed by atoms with Crippen molar-refractivity contribution in [2.75, 3.05) is 5.32 Å². The van der Waals surface area contributed by atoms with Crippen LogP contribution in [0.1, 0.15) is 46.2 Å². The van der Waals surface area contributed by atoms with E-state index in [1.54, 1.807) is 13.0 Å². The third-order valence-electron chi connectivity index (χ3n) is 4.55. The normalized spacial score (nSPS) is 23.5. The molecule has 6 heteroatoms. The van der Waals surface area contributed by atoms with Crippen molar-refractivity contribution in [3.63, 3.8) is 0 Å². The van der Waals surface area contributed by atoms with Gasteiger partial charge in [-0.3, -0.25) is 0 Å². The first-order valence-electron chi connectivity index (χ1n) is 9.30. The zero-order valence-corrected chi connectivity index (χ0v) is 16.2. The van der Waals surface area contributed by atoms with E-state index < -0.39 is 12.7 Å². The molecule has 1 N–H and O–H groups in total. The molecule has 1 aromatic carbocycles. The van der Waals surface area contributed by atoms with Gasteiger partial charge < -0.3 is 14.6 Å². The van der Waals surface area contributed by atoms with E-state index in [9.17, 15) is 13.2 Å². The number of aryl methyl sites for hydroxylation is 1. The van der Waals surface area contributed by atoms with Crippen molar-refractivity contribution in [3.05, 3.63) is 30.0 Å². The number of nitrogens with zero attached hydrogens (tertiary/aromatic N) is 1. The van der Waals surface area contributed by atoms with Gasteiger partial charge in [-0.1, -0.05) is 19.9 Å². The lowest BCUT2D eigenvalue weighted by atomic mass is 9.99. The molecule has 1 saturated heterocycles. The quantitative estimate of drug-likeness (QED) is 0.727. The first-order chi connectivity index (χ1) is 12.2. The topological polar surface area (TPSA) is 26.2 Å². The highest BCUT2D eigenvalue weighted by Gasteiger charge is 2.30. The van der Waals surface area contributed by atoms with Gasteiger partial charge in [0, 0.05) is 22.8 Å². The third-order valence-corrected chi connectivity index (χ3v) is 4.55. The Bertz CT molecular complexity index is 714. The summed E-state index contributed by atoms with van der Waals surface area (Å²) in [5.74, 6) is 0. The fourth-order valence-corrected chi connectivity index (χ4v) is 3.67. The number of rotatable bonds is 3. The van der Waals surface area contributed by atoms with Gasteiger partial charge >= 0.3 is 6.18 Å². The standard InChI is InChI=1S/C18H23F3N2O.C2H6/c1-11-7-15-16(22-14-8-12(2)24-13(3)9-14)5-4-6-17(15)23(11)10-18(19,20)21;1-2/h4-7,12-14,22H,8-10H2,1-3H3;1-2H3. The van der Waals surface area contributed by atoms with Gasteiger partial charge in [0.05, 0.1) is 17.7 Å². The highest BCUT2D eigenvalue weighted by molar-refractivity contribution is 5.93. The smallest absolute Gasteiger partial charge is 0.382 e. The summed E-state index contributed by atoms with van der Waals surface area (Å²) in [6.45, 7) is 8.86. The van der Waals surface area contributed by atoms with Crippen LogP contribution in [-0.2, 0) is 11.3 Å². The van der Waals surface area contributed by atoms with Gasteiger partial charge in [-0.2, -0.15) is 13.2 Å². The van der Waals surface area contributed by atoms with Gasteiger partial charge in [0.25, 0.3) is 0 Å². The number of hydrogen-bond acceptors (Lipinski definition) is 2. The zero-order valence-electron chi connectivity index (χ0n) is 16.2. The number of anilines is 1. The van der Waals surface area contributed by atoms with Crippen molar-refractivity contribution in [1.29, 1.82) is 0 Å². The molecule has 0 radical (unpaired) electrons. The zero-order chi connectivity index (χ0) is 19.5. The maximum absolute atomic E-state index is 12.8. The Hall–Kier alpha value is -1.69. The van der Waals surface area contributed by atoms with Crippen LogP contribution in [0.5, 0.6) is 0 Å². The van der Waals surface area contributed by atoms with Crippen LogP contribution >= 0.6 is 0 Å². The number of nitrogens with one attached hydrogen (secondary N) is 1. The van der Waals surface area contributed by atoms with Gasteiger partial charge in [0.1, 0.15) is 6.54 Å². The molecule has 2 heterocycles. The summed E-state index contributed by atoms with van der Waals surface area (Å²) in [5.41, 5.74) is 2.12. The monoisotopic (exact) mass is 370 g/mol. The Morgan fingerprint density at radius 3 is 2.35 bits per heavy atom. The molecule has 1 aromatic heterocycles. The van der Waals surface area contributed by atoms with Gasteiger partial charge in [-0.25, -0.2) is 0 Å². The van der Waals surface area contributed by atoms with E-state index in [2.05, 4.69) is 19.2 Å². The fraction of sp³-hybridized carbons (Fsp3) is 0.600. The minimum atomic E-state index is -4.23. The molecule has 2 aromatic rings. The molecule has 0 amide bonds. The summed E-state index contributed by atoms with van der Waals surface area (Å²) in [6, 6.07) is 7.58. The molecule has 3 nitrogen and oxygen atoms in total. The van der Waals surface area contributed by atoms with Crippen molar-refractivity contribution in [1.82, 2.24) is 4.57 Å². The molecule has 2 atom stereocenters. The van der Waals surface area contributed by atoms with Gasteiger partial charge in [0.2, 0.25) is 0 Å². The maximum Gasteiger partial charge on any atom is 0.406 e. The van der Waals surface area contributed by atoms with Crippen molar-refractivity contribution < 1.29 is 17.9 Å². The number of fused-ring (bicyclic) bond motifs is 1. The lowest BCUT2D eigenvalue weighted by Crippen LogP contribution is -2.36. The number of alkyl halides is 3. The van der Waals surface area contributed by atoms with Crippen LogP contribution in [0.3, 0.4) is 0 Å². The van der Waals surface area contributed by atoms with E-state index in [4.69, 9.17) is 4.74 Å². The van der Waals surface area contributed by atoms with E-state index >= 15 is 0 Å². The molecule has 0 aliphatic carbocycles. The average molecular weight is 370 g/mol. The van der Waals surface area contributed by atoms with Crippen LogP contribution in [0, 0.1) is 6.92 Å². The SMILES string of the molecule is CC.Cc1cc2c(NC3CC(C)OC(C)C3)cccc2n1CC(F)(F)F. The second-order valence-corrected chi connectivity index (χ2v) is 6.80. The Labute approximate surface area is 153 Å². The van der Waals surface area contributed by atoms with Crippen molar-refractivity contribution in [3.8, 4) is 0 Å². The molecule has 1 fully saturated rings. The number of hydrogen-bond donors (Lipinski definition) is 1. The van der Waals surface area contributed by atoms with Crippen LogP contribution in [-0.4, -0.2) is 29.0 Å². The van der Waals surface area contributed by atoms with Gasteiger partial charge in [-0.05, 0) is 51.8 Å². The number of halogens is 3. The van der Waals surface area contributed by atoms with Gasteiger partial charge in [0.15, 0.2) is 0 Å². The van der Waals surface area contributed by atoms with Crippen LogP contribution in [0.15, 0.2) is 24.3 Å². The second kappa shape index (κ2) is 8.33. The maximum atomic E-state index is 12.8. The number of ether oxygens (including phenoxy) is 1. The minimum absolute atomic E-state index is 0.182. The van der Waals surface area contributed by atoms with Crippen LogP contribution in [0.4, 0.5) is 18.9 Å². The van der Waals surface area contributed by atoms with Crippen molar-refractivity contribution in [2.45, 2.75) is 78.4 Å². The predicted octanol–water partition coefficient (Wildman–Crippen LogP) is 5.91. The van der Waals surface area contributed by atoms with E-state index in [0.29, 0.717) is 11.2 Å². The van der Waals surface area contributed by atoms with E-state index in [0.717, 1.165) is 23.9 Å².